The summed E-state index contributed by atoms with van der Waals surface area (Å²) in [6.45, 7) is 6.81. The van der Waals surface area contributed by atoms with Gasteiger partial charge in [-0.3, -0.25) is 9.69 Å². The maximum atomic E-state index is 13.1. The van der Waals surface area contributed by atoms with E-state index in [-0.39, 0.29) is 12.5 Å². The number of nitrogens with zero attached hydrogens (tertiary/aromatic N) is 2. The minimum atomic E-state index is -1.01. The van der Waals surface area contributed by atoms with Gasteiger partial charge >= 0.3 is 5.97 Å². The van der Waals surface area contributed by atoms with Crippen LogP contribution >= 0.6 is 0 Å². The van der Waals surface area contributed by atoms with Crippen LogP contribution in [-0.2, 0) is 9.53 Å². The molecule has 1 atom stereocenters. The van der Waals surface area contributed by atoms with Crippen LogP contribution in [0.5, 0.6) is 0 Å². The highest BCUT2D eigenvalue weighted by Crippen LogP contribution is 2.38. The fourth-order valence-corrected chi connectivity index (χ4v) is 3.83. The van der Waals surface area contributed by atoms with E-state index in [1.54, 1.807) is 12.1 Å². The van der Waals surface area contributed by atoms with Crippen LogP contribution < -0.4 is 0 Å². The Kier molecular flexibility index (Phi) is 5.11. The highest BCUT2D eigenvalue weighted by atomic mass is 16.5. The maximum Gasteiger partial charge on any atom is 0.328 e. The summed E-state index contributed by atoms with van der Waals surface area (Å²) in [5, 5.41) is 9.59. The first kappa shape index (κ1) is 17.9. The third kappa shape index (κ3) is 3.41. The molecule has 2 aliphatic rings. The molecule has 136 valence electrons. The summed E-state index contributed by atoms with van der Waals surface area (Å²) in [5.74, 6) is -1.26. The van der Waals surface area contributed by atoms with Crippen LogP contribution in [0.4, 0.5) is 0 Å². The third-order valence-corrected chi connectivity index (χ3v) is 5.24. The average molecular weight is 346 g/mol. The van der Waals surface area contributed by atoms with Crippen LogP contribution in [-0.4, -0.2) is 64.8 Å². The van der Waals surface area contributed by atoms with Crippen molar-refractivity contribution in [2.75, 3.05) is 26.2 Å². The van der Waals surface area contributed by atoms with Crippen LogP contribution in [0.2, 0.25) is 0 Å². The molecule has 1 unspecified atom stereocenters. The monoisotopic (exact) mass is 346 g/mol. The number of aryl methyl sites for hydroxylation is 1. The zero-order chi connectivity index (χ0) is 18.0. The first-order valence-corrected chi connectivity index (χ1v) is 8.96. The first-order chi connectivity index (χ1) is 12.0. The van der Waals surface area contributed by atoms with Gasteiger partial charge in [0.25, 0.3) is 5.91 Å². The number of ether oxygens (including phenoxy) is 1. The highest BCUT2D eigenvalue weighted by molar-refractivity contribution is 5.97. The summed E-state index contributed by atoms with van der Waals surface area (Å²) < 4.78 is 5.96. The number of carboxylic acids is 1. The van der Waals surface area contributed by atoms with E-state index in [0.717, 1.165) is 31.6 Å². The van der Waals surface area contributed by atoms with E-state index in [4.69, 9.17) is 4.74 Å². The molecule has 2 saturated heterocycles. The standard InChI is InChI=1S/C19H26N2O4/c1-3-10-20-11-8-19(9-12-20)21(16(13-25-19)18(23)24)17(22)15-6-4-14(2)5-7-15/h4-7,16H,3,8-13H2,1-2H3,(H,23,24). The lowest BCUT2D eigenvalue weighted by molar-refractivity contribution is -0.143. The van der Waals surface area contributed by atoms with Crippen LogP contribution in [0.3, 0.4) is 0 Å². The fourth-order valence-electron chi connectivity index (χ4n) is 3.83. The number of rotatable bonds is 4. The number of aliphatic carboxylic acids is 1. The van der Waals surface area contributed by atoms with Crippen molar-refractivity contribution in [2.24, 2.45) is 0 Å². The lowest BCUT2D eigenvalue weighted by atomic mass is 9.96. The number of carboxylic acid groups (broad SMARTS) is 1. The van der Waals surface area contributed by atoms with Crippen molar-refractivity contribution < 1.29 is 19.4 Å². The summed E-state index contributed by atoms with van der Waals surface area (Å²) >= 11 is 0. The number of carbonyl (C=O) groups is 2. The summed E-state index contributed by atoms with van der Waals surface area (Å²) in [6, 6.07) is 6.34. The molecule has 0 radical (unpaired) electrons. The van der Waals surface area contributed by atoms with E-state index < -0.39 is 17.7 Å². The zero-order valence-corrected chi connectivity index (χ0v) is 14.9. The number of carbonyl (C=O) groups excluding carboxylic acids is 1. The van der Waals surface area contributed by atoms with Gasteiger partial charge in [-0.25, -0.2) is 4.79 Å². The molecule has 3 rings (SSSR count). The van der Waals surface area contributed by atoms with Crippen molar-refractivity contribution in [3.8, 4) is 0 Å². The van der Waals surface area contributed by atoms with Gasteiger partial charge in [-0.15, -0.1) is 0 Å². The normalized spacial score (nSPS) is 23.1. The van der Waals surface area contributed by atoms with Gasteiger partial charge in [-0.2, -0.15) is 0 Å². The summed E-state index contributed by atoms with van der Waals surface area (Å²) in [6.07, 6.45) is 2.38. The smallest absolute Gasteiger partial charge is 0.328 e. The van der Waals surface area contributed by atoms with E-state index in [0.29, 0.717) is 18.4 Å². The average Bonchev–Trinajstić information content (AvgIpc) is 2.96. The van der Waals surface area contributed by atoms with Gasteiger partial charge in [-0.05, 0) is 32.0 Å². The Morgan fingerprint density at radius 2 is 1.88 bits per heavy atom. The van der Waals surface area contributed by atoms with Crippen molar-refractivity contribution in [1.29, 1.82) is 0 Å². The minimum Gasteiger partial charge on any atom is -0.480 e. The number of benzene rings is 1. The lowest BCUT2D eigenvalue weighted by Gasteiger charge is -2.44. The van der Waals surface area contributed by atoms with E-state index in [2.05, 4.69) is 11.8 Å². The molecule has 2 aliphatic heterocycles. The summed E-state index contributed by atoms with van der Waals surface area (Å²) in [4.78, 5) is 28.7. The molecule has 1 amide bonds. The van der Waals surface area contributed by atoms with Crippen LogP contribution in [0.1, 0.15) is 42.1 Å². The Morgan fingerprint density at radius 3 is 2.44 bits per heavy atom. The second kappa shape index (κ2) is 7.14. The molecule has 1 spiro atoms. The topological polar surface area (TPSA) is 70.1 Å². The molecule has 0 aliphatic carbocycles. The molecule has 1 N–H and O–H groups in total. The van der Waals surface area contributed by atoms with E-state index in [9.17, 15) is 14.7 Å². The number of hydrogen-bond donors (Lipinski definition) is 1. The van der Waals surface area contributed by atoms with Crippen molar-refractivity contribution in [2.45, 2.75) is 44.9 Å². The van der Waals surface area contributed by atoms with Crippen molar-refractivity contribution in [3.05, 3.63) is 35.4 Å². The van der Waals surface area contributed by atoms with Crippen molar-refractivity contribution in [1.82, 2.24) is 9.80 Å². The van der Waals surface area contributed by atoms with Gasteiger partial charge in [-0.1, -0.05) is 24.6 Å². The molecule has 0 aromatic heterocycles. The maximum absolute atomic E-state index is 13.1. The summed E-state index contributed by atoms with van der Waals surface area (Å²) in [7, 11) is 0. The van der Waals surface area contributed by atoms with Crippen LogP contribution in [0.15, 0.2) is 24.3 Å². The molecule has 0 bridgehead atoms. The Morgan fingerprint density at radius 1 is 1.24 bits per heavy atom. The second-order valence-corrected chi connectivity index (χ2v) is 6.99. The van der Waals surface area contributed by atoms with Crippen molar-refractivity contribution in [3.63, 3.8) is 0 Å². The molecular weight excluding hydrogens is 320 g/mol. The molecular formula is C19H26N2O4. The fraction of sp³-hybridized carbons (Fsp3) is 0.579. The van der Waals surface area contributed by atoms with E-state index in [1.165, 1.54) is 4.90 Å². The molecule has 2 fully saturated rings. The zero-order valence-electron chi connectivity index (χ0n) is 14.9. The van der Waals surface area contributed by atoms with Gasteiger partial charge in [0.15, 0.2) is 6.04 Å². The van der Waals surface area contributed by atoms with E-state index >= 15 is 0 Å². The number of likely N-dealkylation sites (tertiary alicyclic amines) is 1. The molecule has 25 heavy (non-hydrogen) atoms. The second-order valence-electron chi connectivity index (χ2n) is 6.99. The predicted octanol–water partition coefficient (Wildman–Crippen LogP) is 2.12. The van der Waals surface area contributed by atoms with Crippen LogP contribution in [0.25, 0.3) is 0 Å². The molecule has 2 heterocycles. The van der Waals surface area contributed by atoms with Gasteiger partial charge in [0, 0.05) is 31.5 Å². The minimum absolute atomic E-state index is 0.0563. The number of hydrogen-bond acceptors (Lipinski definition) is 4. The third-order valence-electron chi connectivity index (χ3n) is 5.24. The van der Waals surface area contributed by atoms with Crippen molar-refractivity contribution >= 4 is 11.9 Å². The summed E-state index contributed by atoms with van der Waals surface area (Å²) in [5.41, 5.74) is 0.777. The Bertz CT molecular complexity index is 635. The van der Waals surface area contributed by atoms with Crippen LogP contribution in [0, 0.1) is 6.92 Å². The Balaban J connectivity index is 1.87. The molecule has 6 nitrogen and oxygen atoms in total. The molecule has 1 aromatic carbocycles. The molecule has 6 heteroatoms. The Labute approximate surface area is 148 Å². The number of piperidine rings is 1. The number of amides is 1. The molecule has 1 aromatic rings. The highest BCUT2D eigenvalue weighted by Gasteiger charge is 2.53. The predicted molar refractivity (Wildman–Crippen MR) is 93.4 cm³/mol. The largest absolute Gasteiger partial charge is 0.480 e. The van der Waals surface area contributed by atoms with Gasteiger partial charge in [0.05, 0.1) is 6.61 Å². The van der Waals surface area contributed by atoms with E-state index in [1.807, 2.05) is 19.1 Å². The van der Waals surface area contributed by atoms with Gasteiger partial charge in [0.1, 0.15) is 5.72 Å². The quantitative estimate of drug-likeness (QED) is 0.904. The SMILES string of the molecule is CCCN1CCC2(CC1)OCC(C(=O)O)N2C(=O)c1ccc(C)cc1. The first-order valence-electron chi connectivity index (χ1n) is 8.96. The Hall–Kier alpha value is -1.92. The lowest BCUT2D eigenvalue weighted by Crippen LogP contribution is -2.58. The van der Waals surface area contributed by atoms with Gasteiger partial charge < -0.3 is 14.7 Å². The van der Waals surface area contributed by atoms with Gasteiger partial charge in [0.2, 0.25) is 0 Å². The molecule has 0 saturated carbocycles.